The molecule has 0 amide bonds. The van der Waals surface area contributed by atoms with E-state index in [1.54, 1.807) is 6.92 Å². The quantitative estimate of drug-likeness (QED) is 0.739. The van der Waals surface area contributed by atoms with Crippen molar-refractivity contribution in [3.05, 3.63) is 72.3 Å². The lowest BCUT2D eigenvalue weighted by Gasteiger charge is -2.26. The third-order valence-electron chi connectivity index (χ3n) is 5.02. The number of nitrogens with zero attached hydrogens (tertiary/aromatic N) is 3. The lowest BCUT2D eigenvalue weighted by Crippen LogP contribution is -2.29. The van der Waals surface area contributed by atoms with Crippen molar-refractivity contribution >= 4 is 0 Å². The number of likely N-dealkylation sites (tertiary alicyclic amines) is 1. The molecule has 2 aromatic carbocycles. The summed E-state index contributed by atoms with van der Waals surface area (Å²) in [7, 11) is 0. The van der Waals surface area contributed by atoms with Crippen LogP contribution in [0.4, 0.5) is 0 Å². The molecule has 0 saturated carbocycles. The summed E-state index contributed by atoms with van der Waals surface area (Å²) in [6, 6.07) is 18.5. The number of benzene rings is 2. The van der Waals surface area contributed by atoms with Crippen molar-refractivity contribution in [2.45, 2.75) is 26.3 Å². The summed E-state index contributed by atoms with van der Waals surface area (Å²) < 4.78 is 0. The Morgan fingerprint density at radius 3 is 2.19 bits per heavy atom. The molecule has 1 aromatic heterocycles. The second-order valence-electron chi connectivity index (χ2n) is 7.03. The zero-order valence-corrected chi connectivity index (χ0v) is 15.6. The largest absolute Gasteiger partial charge is 0.492 e. The van der Waals surface area contributed by atoms with Crippen molar-refractivity contribution in [3.63, 3.8) is 0 Å². The van der Waals surface area contributed by atoms with Crippen LogP contribution in [0.15, 0.2) is 54.6 Å². The Bertz CT molecular complexity index is 901. The van der Waals surface area contributed by atoms with Crippen molar-refractivity contribution in [1.29, 1.82) is 0 Å². The molecule has 1 aliphatic rings. The molecule has 1 radical (unpaired) electrons. The van der Waals surface area contributed by atoms with Gasteiger partial charge in [-0.3, -0.25) is 4.90 Å². The highest BCUT2D eigenvalue weighted by Gasteiger charge is 2.15. The minimum absolute atomic E-state index is 0.0175. The van der Waals surface area contributed by atoms with E-state index in [1.165, 1.54) is 18.4 Å². The van der Waals surface area contributed by atoms with Crippen molar-refractivity contribution < 1.29 is 5.11 Å². The van der Waals surface area contributed by atoms with E-state index >= 15 is 0 Å². The zero-order valence-electron chi connectivity index (χ0n) is 15.6. The average molecular weight is 358 g/mol. The molecule has 27 heavy (non-hydrogen) atoms. The van der Waals surface area contributed by atoms with Gasteiger partial charge >= 0.3 is 0 Å². The first kappa shape index (κ1) is 17.7. The summed E-state index contributed by atoms with van der Waals surface area (Å²) in [5.74, 6) is -0.0175. The molecule has 137 valence electrons. The van der Waals surface area contributed by atoms with Gasteiger partial charge in [0.25, 0.3) is 0 Å². The van der Waals surface area contributed by atoms with E-state index in [-0.39, 0.29) is 5.88 Å². The molecular weight excluding hydrogens is 334 g/mol. The fourth-order valence-electron chi connectivity index (χ4n) is 3.50. The van der Waals surface area contributed by atoms with Crippen molar-refractivity contribution in [3.8, 4) is 28.4 Å². The maximum Gasteiger partial charge on any atom is 0.233 e. The molecule has 4 rings (SSSR count). The molecule has 1 aliphatic heterocycles. The predicted molar refractivity (Wildman–Crippen MR) is 108 cm³/mol. The molecule has 2 heterocycles. The monoisotopic (exact) mass is 358 g/mol. The molecule has 1 saturated heterocycles. The van der Waals surface area contributed by atoms with Crippen LogP contribution in [-0.2, 0) is 6.54 Å². The molecular formula is C23H24N3O. The molecule has 0 spiro atoms. The van der Waals surface area contributed by atoms with Gasteiger partial charge in [0.1, 0.15) is 5.69 Å². The van der Waals surface area contributed by atoms with Gasteiger partial charge in [0.05, 0.1) is 11.4 Å². The first-order valence-corrected chi connectivity index (χ1v) is 9.47. The van der Waals surface area contributed by atoms with Gasteiger partial charge in [-0.2, -0.15) is 0 Å². The first-order chi connectivity index (χ1) is 13.2. The zero-order chi connectivity index (χ0) is 18.6. The van der Waals surface area contributed by atoms with Crippen LogP contribution in [0.3, 0.4) is 0 Å². The number of aromatic hydroxyl groups is 1. The normalized spacial score (nSPS) is 15.0. The minimum Gasteiger partial charge on any atom is -0.492 e. The second-order valence-corrected chi connectivity index (χ2v) is 7.03. The number of hydrogen-bond donors (Lipinski definition) is 1. The number of piperidine rings is 1. The average Bonchev–Trinajstić information content (AvgIpc) is 2.72. The van der Waals surface area contributed by atoms with Crippen molar-refractivity contribution in [2.24, 2.45) is 0 Å². The fraction of sp³-hybridized carbons (Fsp3) is 0.261. The van der Waals surface area contributed by atoms with E-state index in [1.807, 2.05) is 30.3 Å². The van der Waals surface area contributed by atoms with Crippen LogP contribution in [0, 0.1) is 13.3 Å². The maximum absolute atomic E-state index is 10.1. The summed E-state index contributed by atoms with van der Waals surface area (Å²) in [4.78, 5) is 11.5. The summed E-state index contributed by atoms with van der Waals surface area (Å²) in [5, 5.41) is 10.1. The van der Waals surface area contributed by atoms with Gasteiger partial charge in [0.15, 0.2) is 0 Å². The number of hydrogen-bond acceptors (Lipinski definition) is 4. The van der Waals surface area contributed by atoms with Crippen LogP contribution in [0.1, 0.15) is 24.1 Å². The molecule has 1 fully saturated rings. The van der Waals surface area contributed by atoms with Crippen LogP contribution < -0.4 is 0 Å². The molecule has 1 N–H and O–H groups in total. The van der Waals surface area contributed by atoms with E-state index < -0.39 is 0 Å². The predicted octanol–water partition coefficient (Wildman–Crippen LogP) is 4.62. The Balaban J connectivity index is 1.65. The van der Waals surface area contributed by atoms with Gasteiger partial charge in [-0.05, 0) is 44.8 Å². The van der Waals surface area contributed by atoms with Gasteiger partial charge in [0, 0.05) is 17.7 Å². The van der Waals surface area contributed by atoms with E-state index in [0.717, 1.165) is 36.5 Å². The Morgan fingerprint density at radius 1 is 0.852 bits per heavy atom. The third-order valence-corrected chi connectivity index (χ3v) is 5.02. The van der Waals surface area contributed by atoms with E-state index in [2.05, 4.69) is 45.6 Å². The lowest BCUT2D eigenvalue weighted by molar-refractivity contribution is 0.246. The van der Waals surface area contributed by atoms with Crippen LogP contribution in [-0.4, -0.2) is 33.1 Å². The third kappa shape index (κ3) is 4.01. The van der Waals surface area contributed by atoms with E-state index in [0.29, 0.717) is 11.4 Å². The minimum atomic E-state index is -0.0175. The second kappa shape index (κ2) is 7.89. The van der Waals surface area contributed by atoms with Crippen LogP contribution in [0.2, 0.25) is 0 Å². The summed E-state index contributed by atoms with van der Waals surface area (Å²) >= 11 is 0. The Morgan fingerprint density at radius 2 is 1.48 bits per heavy atom. The summed E-state index contributed by atoms with van der Waals surface area (Å²) in [5.41, 5.74) is 5.32. The smallest absolute Gasteiger partial charge is 0.233 e. The summed E-state index contributed by atoms with van der Waals surface area (Å²) in [6.07, 6.45) is 4.73. The topological polar surface area (TPSA) is 49.2 Å². The van der Waals surface area contributed by atoms with Gasteiger partial charge in [-0.1, -0.05) is 54.6 Å². The first-order valence-electron chi connectivity index (χ1n) is 9.47. The van der Waals surface area contributed by atoms with E-state index in [9.17, 15) is 5.11 Å². The van der Waals surface area contributed by atoms with Crippen LogP contribution in [0.25, 0.3) is 22.5 Å². The van der Waals surface area contributed by atoms with Gasteiger partial charge < -0.3 is 5.11 Å². The lowest BCUT2D eigenvalue weighted by atomic mass is 10.0. The Hall–Kier alpha value is -2.72. The molecule has 4 heteroatoms. The van der Waals surface area contributed by atoms with Crippen LogP contribution in [0.5, 0.6) is 5.88 Å². The standard InChI is InChI=1S/C23H24N3O/c1-17-23(27)25-22(19-8-4-2-5-9-19)21(24-17)20-12-10-18(11-13-20)16-26-14-6-3-7-15-26/h2-5,8-13H,6-7,14-16H2,1H3,(H,25,27). The van der Waals surface area contributed by atoms with E-state index in [4.69, 9.17) is 0 Å². The molecule has 3 aromatic rings. The highest BCUT2D eigenvalue weighted by Crippen LogP contribution is 2.31. The van der Waals surface area contributed by atoms with Gasteiger partial charge in [-0.25, -0.2) is 9.97 Å². The van der Waals surface area contributed by atoms with Crippen LogP contribution >= 0.6 is 0 Å². The fourth-order valence-corrected chi connectivity index (χ4v) is 3.50. The number of aryl methyl sites for hydroxylation is 1. The molecule has 4 nitrogen and oxygen atoms in total. The highest BCUT2D eigenvalue weighted by atomic mass is 16.3. The summed E-state index contributed by atoms with van der Waals surface area (Å²) in [6.45, 7) is 5.05. The van der Waals surface area contributed by atoms with Crippen molar-refractivity contribution in [1.82, 2.24) is 14.9 Å². The molecule has 0 atom stereocenters. The number of rotatable bonds is 4. The van der Waals surface area contributed by atoms with Gasteiger partial charge in [0.2, 0.25) is 5.88 Å². The molecule has 0 bridgehead atoms. The maximum atomic E-state index is 10.1. The Labute approximate surface area is 160 Å². The molecule has 0 unspecified atom stereocenters. The highest BCUT2D eigenvalue weighted by molar-refractivity contribution is 5.78. The number of aromatic nitrogens is 2. The SMILES string of the molecule is Cc1nc(-c2ccc(CN3CC[CH]CC3)cc2)c(-c2ccccc2)nc1O. The van der Waals surface area contributed by atoms with Crippen molar-refractivity contribution in [2.75, 3.05) is 13.1 Å². The molecule has 0 aliphatic carbocycles. The van der Waals surface area contributed by atoms with Gasteiger partial charge in [-0.15, -0.1) is 0 Å². The Kier molecular flexibility index (Phi) is 5.16.